The Morgan fingerprint density at radius 3 is 2.74 bits per heavy atom. The number of benzene rings is 1. The van der Waals surface area contributed by atoms with Crippen molar-refractivity contribution in [1.29, 1.82) is 0 Å². The van der Waals surface area contributed by atoms with E-state index < -0.39 is 12.1 Å². The molecule has 0 unspecified atom stereocenters. The van der Waals surface area contributed by atoms with Crippen LogP contribution in [0.15, 0.2) is 42.5 Å². The number of hydrogen-bond donors (Lipinski definition) is 2. The Balaban J connectivity index is 1.71. The molecule has 0 radical (unpaired) electrons. The summed E-state index contributed by atoms with van der Waals surface area (Å²) in [5.41, 5.74) is 2.39. The van der Waals surface area contributed by atoms with Crippen LogP contribution in [0.2, 0.25) is 0 Å². The van der Waals surface area contributed by atoms with Gasteiger partial charge in [0.25, 0.3) is 5.91 Å². The van der Waals surface area contributed by atoms with Crippen LogP contribution >= 0.6 is 0 Å². The van der Waals surface area contributed by atoms with Gasteiger partial charge in [0.2, 0.25) is 0 Å². The van der Waals surface area contributed by atoms with Gasteiger partial charge in [-0.25, -0.2) is 0 Å². The fourth-order valence-electron chi connectivity index (χ4n) is 2.70. The van der Waals surface area contributed by atoms with E-state index >= 15 is 0 Å². The van der Waals surface area contributed by atoms with Gasteiger partial charge in [-0.3, -0.25) is 9.59 Å². The van der Waals surface area contributed by atoms with Crippen molar-refractivity contribution < 1.29 is 19.4 Å². The number of carbonyl (C=O) groups is 2. The number of aliphatic carboxylic acids is 1. The minimum Gasteiger partial charge on any atom is -0.481 e. The zero-order valence-corrected chi connectivity index (χ0v) is 12.6. The van der Waals surface area contributed by atoms with E-state index in [0.29, 0.717) is 25.4 Å². The molecule has 1 aromatic heterocycles. The molecule has 2 aromatic rings. The van der Waals surface area contributed by atoms with E-state index in [1.165, 1.54) is 0 Å². The van der Waals surface area contributed by atoms with Crippen LogP contribution in [0.1, 0.15) is 16.9 Å². The summed E-state index contributed by atoms with van der Waals surface area (Å²) in [6.07, 6.45) is -0.544. The highest BCUT2D eigenvalue weighted by molar-refractivity contribution is 5.93. The van der Waals surface area contributed by atoms with Crippen molar-refractivity contribution in [2.75, 3.05) is 19.7 Å². The van der Waals surface area contributed by atoms with Crippen molar-refractivity contribution in [3.63, 3.8) is 0 Å². The minimum absolute atomic E-state index is 0.0935. The van der Waals surface area contributed by atoms with Crippen molar-refractivity contribution in [3.05, 3.63) is 48.2 Å². The second-order valence-corrected chi connectivity index (χ2v) is 5.49. The van der Waals surface area contributed by atoms with Gasteiger partial charge in [0, 0.05) is 18.8 Å². The van der Waals surface area contributed by atoms with E-state index in [0.717, 1.165) is 11.3 Å². The average molecular weight is 314 g/mol. The van der Waals surface area contributed by atoms with Crippen molar-refractivity contribution in [2.24, 2.45) is 0 Å². The Bertz CT molecular complexity index is 696. The molecule has 0 aliphatic carbocycles. The Morgan fingerprint density at radius 1 is 1.22 bits per heavy atom. The van der Waals surface area contributed by atoms with E-state index in [9.17, 15) is 9.59 Å². The number of morpholine rings is 1. The van der Waals surface area contributed by atoms with Gasteiger partial charge in [0.1, 0.15) is 5.69 Å². The van der Waals surface area contributed by atoms with Crippen LogP contribution in [0.5, 0.6) is 0 Å². The van der Waals surface area contributed by atoms with Crippen LogP contribution in [0, 0.1) is 0 Å². The number of aromatic amines is 1. The van der Waals surface area contributed by atoms with Gasteiger partial charge in [0.15, 0.2) is 0 Å². The normalized spacial score (nSPS) is 17.9. The molecule has 1 aromatic carbocycles. The molecule has 23 heavy (non-hydrogen) atoms. The van der Waals surface area contributed by atoms with Gasteiger partial charge in [-0.1, -0.05) is 30.3 Å². The van der Waals surface area contributed by atoms with Crippen molar-refractivity contribution >= 4 is 11.9 Å². The number of carbonyl (C=O) groups excluding carboxylic acids is 1. The number of carboxylic acid groups (broad SMARTS) is 1. The number of nitrogens with one attached hydrogen (secondary N) is 1. The van der Waals surface area contributed by atoms with Gasteiger partial charge in [0.05, 0.1) is 19.1 Å². The van der Waals surface area contributed by atoms with Crippen LogP contribution in [0.3, 0.4) is 0 Å². The van der Waals surface area contributed by atoms with E-state index in [1.807, 2.05) is 36.4 Å². The third kappa shape index (κ3) is 3.60. The largest absolute Gasteiger partial charge is 0.481 e. The molecule has 0 spiro atoms. The molecular weight excluding hydrogens is 296 g/mol. The third-order valence-corrected chi connectivity index (χ3v) is 3.83. The SMILES string of the molecule is O=C(O)C[C@@H]1CN(C(=O)c2ccc(-c3ccccc3)[nH]2)CCO1. The highest BCUT2D eigenvalue weighted by Crippen LogP contribution is 2.19. The maximum absolute atomic E-state index is 12.6. The van der Waals surface area contributed by atoms with Crippen LogP contribution in [-0.2, 0) is 9.53 Å². The van der Waals surface area contributed by atoms with E-state index in [-0.39, 0.29) is 12.3 Å². The predicted molar refractivity (Wildman–Crippen MR) is 84.1 cm³/mol. The quantitative estimate of drug-likeness (QED) is 0.904. The summed E-state index contributed by atoms with van der Waals surface area (Å²) >= 11 is 0. The molecule has 0 bridgehead atoms. The summed E-state index contributed by atoms with van der Waals surface area (Å²) in [7, 11) is 0. The van der Waals surface area contributed by atoms with Gasteiger partial charge in [-0.2, -0.15) is 0 Å². The van der Waals surface area contributed by atoms with Gasteiger partial charge >= 0.3 is 5.97 Å². The van der Waals surface area contributed by atoms with Gasteiger partial charge in [-0.05, 0) is 17.7 Å². The summed E-state index contributed by atoms with van der Waals surface area (Å²) in [6, 6.07) is 13.4. The first-order valence-electron chi connectivity index (χ1n) is 7.50. The third-order valence-electron chi connectivity index (χ3n) is 3.83. The Kier molecular flexibility index (Phi) is 4.43. The van der Waals surface area contributed by atoms with E-state index in [4.69, 9.17) is 9.84 Å². The lowest BCUT2D eigenvalue weighted by Gasteiger charge is -2.32. The van der Waals surface area contributed by atoms with Crippen LogP contribution in [0.4, 0.5) is 0 Å². The molecular formula is C17H18N2O4. The first-order valence-corrected chi connectivity index (χ1v) is 7.50. The monoisotopic (exact) mass is 314 g/mol. The predicted octanol–water partition coefficient (Wildman–Crippen LogP) is 2.00. The number of nitrogens with zero attached hydrogens (tertiary/aromatic N) is 1. The molecule has 120 valence electrons. The van der Waals surface area contributed by atoms with Crippen LogP contribution < -0.4 is 0 Å². The molecule has 2 N–H and O–H groups in total. The van der Waals surface area contributed by atoms with E-state index in [2.05, 4.69) is 4.98 Å². The van der Waals surface area contributed by atoms with Gasteiger partial charge < -0.3 is 19.7 Å². The summed E-state index contributed by atoms with van der Waals surface area (Å²) < 4.78 is 5.39. The topological polar surface area (TPSA) is 82.6 Å². The lowest BCUT2D eigenvalue weighted by Crippen LogP contribution is -2.46. The number of aromatic nitrogens is 1. The first-order chi connectivity index (χ1) is 11.1. The summed E-state index contributed by atoms with van der Waals surface area (Å²) in [4.78, 5) is 28.1. The van der Waals surface area contributed by atoms with Crippen molar-refractivity contribution in [3.8, 4) is 11.3 Å². The number of hydrogen-bond acceptors (Lipinski definition) is 3. The fraction of sp³-hybridized carbons (Fsp3) is 0.294. The molecule has 2 heterocycles. The molecule has 6 heteroatoms. The zero-order valence-electron chi connectivity index (χ0n) is 12.6. The number of H-pyrrole nitrogens is 1. The van der Waals surface area contributed by atoms with Crippen molar-refractivity contribution in [1.82, 2.24) is 9.88 Å². The molecule has 1 aliphatic rings. The molecule has 1 fully saturated rings. The minimum atomic E-state index is -0.921. The van der Waals surface area contributed by atoms with Crippen LogP contribution in [0.25, 0.3) is 11.3 Å². The average Bonchev–Trinajstić information content (AvgIpc) is 3.04. The standard InChI is InChI=1S/C17H18N2O4/c20-16(21)10-13-11-19(8-9-23-13)17(22)15-7-6-14(18-15)12-4-2-1-3-5-12/h1-7,13,18H,8-11H2,(H,20,21)/t13-/m1/s1. The maximum Gasteiger partial charge on any atom is 0.306 e. The number of rotatable bonds is 4. The molecule has 1 saturated heterocycles. The molecule has 1 aliphatic heterocycles. The number of amides is 1. The lowest BCUT2D eigenvalue weighted by molar-refractivity contribution is -0.141. The van der Waals surface area contributed by atoms with Gasteiger partial charge in [-0.15, -0.1) is 0 Å². The Morgan fingerprint density at radius 2 is 2.00 bits per heavy atom. The molecule has 0 saturated carbocycles. The second kappa shape index (κ2) is 6.66. The highest BCUT2D eigenvalue weighted by atomic mass is 16.5. The highest BCUT2D eigenvalue weighted by Gasteiger charge is 2.27. The van der Waals surface area contributed by atoms with Crippen molar-refractivity contribution in [2.45, 2.75) is 12.5 Å². The number of carboxylic acids is 1. The fourth-order valence-corrected chi connectivity index (χ4v) is 2.70. The zero-order chi connectivity index (χ0) is 16.2. The Hall–Kier alpha value is -2.60. The number of ether oxygens (including phenoxy) is 1. The summed E-state index contributed by atoms with van der Waals surface area (Å²) in [5, 5.41) is 8.85. The molecule has 6 nitrogen and oxygen atoms in total. The van der Waals surface area contributed by atoms with Crippen LogP contribution in [-0.4, -0.2) is 52.7 Å². The summed E-state index contributed by atoms with van der Waals surface area (Å²) in [5.74, 6) is -1.05. The molecule has 1 amide bonds. The summed E-state index contributed by atoms with van der Waals surface area (Å²) in [6.45, 7) is 1.12. The smallest absolute Gasteiger partial charge is 0.306 e. The molecule has 1 atom stereocenters. The maximum atomic E-state index is 12.6. The van der Waals surface area contributed by atoms with E-state index in [1.54, 1.807) is 11.0 Å². The Labute approximate surface area is 133 Å². The second-order valence-electron chi connectivity index (χ2n) is 5.49. The lowest BCUT2D eigenvalue weighted by atomic mass is 10.2. The molecule has 3 rings (SSSR count). The first kappa shape index (κ1) is 15.3.